The largest absolute Gasteiger partial charge is 0.214 e. The van der Waals surface area contributed by atoms with Gasteiger partial charge in [0.05, 0.1) is 27.1 Å². The third-order valence-corrected chi connectivity index (χ3v) is 6.76. The maximum absolute atomic E-state index is 4.57. The standard InChI is InChI=1S/C7H8Br4N4S/c8-1-5-7-6(2-9)13-15(4-11)16(7)14(3-10)12-5/h1-4H2. The summed E-state index contributed by atoms with van der Waals surface area (Å²) in [6, 6.07) is 0. The molecule has 0 radical (unpaired) electrons. The molecule has 0 spiro atoms. The van der Waals surface area contributed by atoms with E-state index >= 15 is 0 Å². The van der Waals surface area contributed by atoms with Gasteiger partial charge in [-0.2, -0.15) is 10.2 Å². The molecule has 0 bridgehead atoms. The molecule has 0 atom stereocenters. The highest BCUT2D eigenvalue weighted by Gasteiger charge is 2.35. The van der Waals surface area contributed by atoms with E-state index in [2.05, 4.69) is 73.9 Å². The van der Waals surface area contributed by atoms with E-state index in [-0.39, 0.29) is 10.9 Å². The predicted molar refractivity (Wildman–Crippen MR) is 86.3 cm³/mol. The van der Waals surface area contributed by atoms with Gasteiger partial charge in [-0.05, 0) is 0 Å². The van der Waals surface area contributed by atoms with Crippen molar-refractivity contribution in [3.8, 4) is 0 Å². The fourth-order valence-electron chi connectivity index (χ4n) is 1.45. The zero-order chi connectivity index (χ0) is 11.7. The van der Waals surface area contributed by atoms with E-state index in [0.29, 0.717) is 10.9 Å². The van der Waals surface area contributed by atoms with Gasteiger partial charge in [-0.1, -0.05) is 63.7 Å². The summed E-state index contributed by atoms with van der Waals surface area (Å²) in [4.78, 5) is 1.24. The van der Waals surface area contributed by atoms with E-state index in [9.17, 15) is 0 Å². The number of nitrogens with zero attached hydrogens (tertiary/aromatic N) is 4. The Kier molecular flexibility index (Phi) is 4.91. The molecule has 0 saturated heterocycles. The van der Waals surface area contributed by atoms with Crippen LogP contribution in [-0.2, 0) is 0 Å². The van der Waals surface area contributed by atoms with Gasteiger partial charge in [-0.3, -0.25) is 0 Å². The van der Waals surface area contributed by atoms with Crippen LogP contribution in [0.15, 0.2) is 10.2 Å². The highest BCUT2D eigenvalue weighted by molar-refractivity contribution is 9.10. The summed E-state index contributed by atoms with van der Waals surface area (Å²) in [6.45, 7) is 0. The second-order valence-electron chi connectivity index (χ2n) is 2.90. The third-order valence-electron chi connectivity index (χ3n) is 2.03. The Morgan fingerprint density at radius 2 is 1.31 bits per heavy atom. The average molecular weight is 500 g/mol. The summed E-state index contributed by atoms with van der Waals surface area (Å²) in [5.41, 5.74) is 3.57. The van der Waals surface area contributed by atoms with Gasteiger partial charge in [0, 0.05) is 10.7 Å². The lowest BCUT2D eigenvalue weighted by Gasteiger charge is -2.22. The van der Waals surface area contributed by atoms with E-state index in [4.69, 9.17) is 0 Å². The quantitative estimate of drug-likeness (QED) is 0.338. The first-order valence-corrected chi connectivity index (χ1v) is 9.95. The molecule has 2 heterocycles. The van der Waals surface area contributed by atoms with E-state index in [0.717, 1.165) is 22.1 Å². The summed E-state index contributed by atoms with van der Waals surface area (Å²) in [7, 11) is -0.181. The van der Waals surface area contributed by atoms with Crippen LogP contribution in [0, 0.1) is 0 Å². The molecule has 0 aliphatic carbocycles. The number of hydrogen-bond donors (Lipinski definition) is 0. The molecular weight excluding hydrogens is 492 g/mol. The van der Waals surface area contributed by atoms with Gasteiger partial charge in [0.1, 0.15) is 10.9 Å². The van der Waals surface area contributed by atoms with E-state index in [1.54, 1.807) is 0 Å². The molecule has 0 aromatic rings. The van der Waals surface area contributed by atoms with Crippen LogP contribution in [0.25, 0.3) is 0 Å². The van der Waals surface area contributed by atoms with Crippen LogP contribution in [0.2, 0.25) is 0 Å². The molecule has 16 heavy (non-hydrogen) atoms. The van der Waals surface area contributed by atoms with Crippen molar-refractivity contribution in [1.82, 2.24) is 8.83 Å². The minimum atomic E-state index is -0.181. The zero-order valence-corrected chi connectivity index (χ0v) is 15.2. The van der Waals surface area contributed by atoms with Crippen molar-refractivity contribution in [1.29, 1.82) is 0 Å². The lowest BCUT2D eigenvalue weighted by Crippen LogP contribution is -2.21. The third kappa shape index (κ3) is 2.17. The van der Waals surface area contributed by atoms with Gasteiger partial charge in [-0.25, -0.2) is 8.83 Å². The summed E-state index contributed by atoms with van der Waals surface area (Å²) in [6.07, 6.45) is 0. The smallest absolute Gasteiger partial charge is 0.105 e. The lowest BCUT2D eigenvalue weighted by atomic mass is 10.2. The molecule has 9 heteroatoms. The van der Waals surface area contributed by atoms with Crippen LogP contribution in [-0.4, -0.2) is 46.7 Å². The first-order valence-electron chi connectivity index (χ1n) is 4.33. The summed E-state index contributed by atoms with van der Waals surface area (Å²) < 4.78 is 4.04. The molecule has 90 valence electrons. The summed E-state index contributed by atoms with van der Waals surface area (Å²) >= 11 is 13.9. The van der Waals surface area contributed by atoms with Crippen LogP contribution in [0.3, 0.4) is 0 Å². The maximum atomic E-state index is 4.57. The average Bonchev–Trinajstić information content (AvgIpc) is 2.85. The molecule has 4 nitrogen and oxygen atoms in total. The Labute approximate surface area is 130 Å². The number of halogens is 4. The molecular formula is C7H8Br4N4S. The van der Waals surface area contributed by atoms with Crippen LogP contribution in [0.1, 0.15) is 0 Å². The van der Waals surface area contributed by atoms with Crippen molar-refractivity contribution in [3.63, 3.8) is 0 Å². The Morgan fingerprint density at radius 3 is 1.62 bits per heavy atom. The van der Waals surface area contributed by atoms with Crippen LogP contribution < -0.4 is 0 Å². The topological polar surface area (TPSA) is 31.2 Å². The second-order valence-corrected chi connectivity index (χ2v) is 6.80. The van der Waals surface area contributed by atoms with Crippen molar-refractivity contribution in [3.05, 3.63) is 0 Å². The Morgan fingerprint density at radius 1 is 0.875 bits per heavy atom. The minimum absolute atomic E-state index is 0.181. The normalized spacial score (nSPS) is 20.4. The highest BCUT2D eigenvalue weighted by Crippen LogP contribution is 2.39. The SMILES string of the molecule is BrCC1=NN(CBr)S2=C1C(CBr)=NN2CBr. The van der Waals surface area contributed by atoms with Gasteiger partial charge in [0.2, 0.25) is 0 Å². The minimum Gasteiger partial charge on any atom is -0.214 e. The van der Waals surface area contributed by atoms with E-state index in [1.807, 2.05) is 8.83 Å². The Hall–Kier alpha value is 1.08. The van der Waals surface area contributed by atoms with Crippen molar-refractivity contribution in [2.45, 2.75) is 0 Å². The number of hydrazone groups is 2. The molecule has 0 N–H and O–H groups in total. The Bertz CT molecular complexity index is 360. The van der Waals surface area contributed by atoms with E-state index < -0.39 is 0 Å². The molecule has 2 rings (SSSR count). The first kappa shape index (κ1) is 13.5. The maximum Gasteiger partial charge on any atom is 0.105 e. The number of hydrogen-bond acceptors (Lipinski definition) is 4. The van der Waals surface area contributed by atoms with Crippen molar-refractivity contribution < 1.29 is 0 Å². The molecule has 0 fully saturated rings. The summed E-state index contributed by atoms with van der Waals surface area (Å²) in [5, 5.41) is 10.7. The molecule has 0 aromatic heterocycles. The fraction of sp³-hybridized carbons (Fsp3) is 0.571. The lowest BCUT2D eigenvalue weighted by molar-refractivity contribution is 0.522. The predicted octanol–water partition coefficient (Wildman–Crippen LogP) is 3.10. The van der Waals surface area contributed by atoms with Crippen molar-refractivity contribution >= 4 is 90.9 Å². The monoisotopic (exact) mass is 496 g/mol. The van der Waals surface area contributed by atoms with Gasteiger partial charge < -0.3 is 0 Å². The van der Waals surface area contributed by atoms with Crippen molar-refractivity contribution in [2.75, 3.05) is 21.6 Å². The van der Waals surface area contributed by atoms with Gasteiger partial charge >= 0.3 is 0 Å². The zero-order valence-electron chi connectivity index (χ0n) is 8.04. The molecule has 0 unspecified atom stereocenters. The molecule has 0 aromatic carbocycles. The van der Waals surface area contributed by atoms with E-state index in [1.165, 1.54) is 4.86 Å². The number of rotatable bonds is 4. The van der Waals surface area contributed by atoms with Crippen LogP contribution in [0.4, 0.5) is 0 Å². The van der Waals surface area contributed by atoms with Crippen molar-refractivity contribution in [2.24, 2.45) is 10.2 Å². The first-order chi connectivity index (χ1) is 7.76. The second kappa shape index (κ2) is 5.81. The highest BCUT2D eigenvalue weighted by atomic mass is 79.9. The van der Waals surface area contributed by atoms with Crippen LogP contribution in [0.5, 0.6) is 0 Å². The molecule has 2 aliphatic heterocycles. The van der Waals surface area contributed by atoms with Gasteiger partial charge in [-0.15, -0.1) is 0 Å². The van der Waals surface area contributed by atoms with Gasteiger partial charge in [0.25, 0.3) is 0 Å². The summed E-state index contributed by atoms with van der Waals surface area (Å²) in [5.74, 6) is 0. The van der Waals surface area contributed by atoms with Crippen LogP contribution >= 0.6 is 74.6 Å². The molecule has 2 aliphatic rings. The van der Waals surface area contributed by atoms with Gasteiger partial charge in [0.15, 0.2) is 0 Å². The molecule has 0 saturated carbocycles. The molecule has 0 amide bonds. The number of alkyl halides is 4. The fourth-order valence-corrected chi connectivity index (χ4v) is 5.82. The Balaban J connectivity index is 2.42.